The van der Waals surface area contributed by atoms with Crippen LogP contribution >= 0.6 is 11.6 Å². The first-order valence-corrected chi connectivity index (χ1v) is 8.37. The number of pyridine rings is 1. The maximum Gasteiger partial charge on any atom is 0.410 e. The van der Waals surface area contributed by atoms with Crippen LogP contribution in [0, 0.1) is 0 Å². The molecule has 8 nitrogen and oxygen atoms in total. The largest absolute Gasteiger partial charge is 0.480 e. The number of piperazine rings is 1. The number of hydrogen-bond acceptors (Lipinski definition) is 6. The van der Waals surface area contributed by atoms with Crippen LogP contribution in [0.15, 0.2) is 18.3 Å². The van der Waals surface area contributed by atoms with Crippen LogP contribution in [0.25, 0.3) is 0 Å². The molecule has 1 unspecified atom stereocenters. The average molecular weight is 371 g/mol. The van der Waals surface area contributed by atoms with Gasteiger partial charge in [0.2, 0.25) is 0 Å². The van der Waals surface area contributed by atoms with E-state index in [4.69, 9.17) is 16.3 Å². The number of nitrogens with zero attached hydrogens (tertiary/aromatic N) is 3. The van der Waals surface area contributed by atoms with E-state index in [1.54, 1.807) is 22.0 Å². The molecule has 2 N–H and O–H groups in total. The molecule has 1 aliphatic heterocycles. The highest BCUT2D eigenvalue weighted by molar-refractivity contribution is 6.30. The molecule has 0 saturated carbocycles. The van der Waals surface area contributed by atoms with Crippen molar-refractivity contribution in [3.05, 3.63) is 29.0 Å². The molecule has 1 aromatic rings. The lowest BCUT2D eigenvalue weighted by Gasteiger charge is -2.36. The highest BCUT2D eigenvalue weighted by Gasteiger charge is 2.29. The summed E-state index contributed by atoms with van der Waals surface area (Å²) < 4.78 is 5.35. The summed E-state index contributed by atoms with van der Waals surface area (Å²) in [4.78, 5) is 29.2. The topological polar surface area (TPSA) is 95.0 Å². The summed E-state index contributed by atoms with van der Waals surface area (Å²) in [5.41, 5.74) is 2.80. The van der Waals surface area contributed by atoms with Gasteiger partial charge in [0.05, 0.1) is 0 Å². The van der Waals surface area contributed by atoms with E-state index < -0.39 is 17.6 Å². The second-order valence-electron chi connectivity index (χ2n) is 6.74. The number of amides is 1. The molecule has 138 valence electrons. The second kappa shape index (κ2) is 7.99. The third-order valence-corrected chi connectivity index (χ3v) is 3.90. The lowest BCUT2D eigenvalue weighted by molar-refractivity contribution is -0.141. The van der Waals surface area contributed by atoms with Gasteiger partial charge in [-0.15, -0.1) is 0 Å². The highest BCUT2D eigenvalue weighted by atomic mass is 35.5. The number of carbonyl (C=O) groups is 2. The first-order chi connectivity index (χ1) is 11.7. The van der Waals surface area contributed by atoms with Gasteiger partial charge >= 0.3 is 12.1 Å². The predicted octanol–water partition coefficient (Wildman–Crippen LogP) is 1.92. The maximum absolute atomic E-state index is 12.1. The summed E-state index contributed by atoms with van der Waals surface area (Å²) >= 11 is 6.00. The fourth-order valence-corrected chi connectivity index (χ4v) is 2.63. The highest BCUT2D eigenvalue weighted by Crippen LogP contribution is 2.21. The fourth-order valence-electron chi connectivity index (χ4n) is 2.40. The molecule has 25 heavy (non-hydrogen) atoms. The van der Waals surface area contributed by atoms with E-state index in [2.05, 4.69) is 10.4 Å². The minimum absolute atomic E-state index is 0.148. The third kappa shape index (κ3) is 5.55. The Kier molecular flexibility index (Phi) is 6.21. The molecule has 0 spiro atoms. The van der Waals surface area contributed by atoms with Crippen molar-refractivity contribution in [2.45, 2.75) is 32.4 Å². The molecule has 2 heterocycles. The van der Waals surface area contributed by atoms with E-state index in [0.29, 0.717) is 31.7 Å². The minimum Gasteiger partial charge on any atom is -0.480 e. The van der Waals surface area contributed by atoms with Gasteiger partial charge in [-0.2, -0.15) is 0 Å². The Bertz CT molecular complexity index is 627. The summed E-state index contributed by atoms with van der Waals surface area (Å²) in [5, 5.41) is 11.4. The van der Waals surface area contributed by atoms with Crippen molar-refractivity contribution < 1.29 is 19.4 Å². The Morgan fingerprint density at radius 2 is 1.96 bits per heavy atom. The van der Waals surface area contributed by atoms with Gasteiger partial charge in [0, 0.05) is 37.9 Å². The van der Waals surface area contributed by atoms with E-state index in [1.165, 1.54) is 6.20 Å². The van der Waals surface area contributed by atoms with Crippen LogP contribution in [-0.2, 0) is 9.53 Å². The first-order valence-electron chi connectivity index (χ1n) is 7.99. The number of hydrogen-bond donors (Lipinski definition) is 2. The number of carboxylic acids is 1. The second-order valence-corrected chi connectivity index (χ2v) is 7.10. The van der Waals surface area contributed by atoms with Gasteiger partial charge < -0.3 is 14.7 Å². The number of ether oxygens (including phenoxy) is 1. The summed E-state index contributed by atoms with van der Waals surface area (Å²) in [5.74, 6) is -1.05. The molecular weight excluding hydrogens is 348 g/mol. The van der Waals surface area contributed by atoms with Crippen LogP contribution in [0.1, 0.15) is 32.4 Å². The van der Waals surface area contributed by atoms with Crippen molar-refractivity contribution >= 4 is 23.7 Å². The Morgan fingerprint density at radius 3 is 2.48 bits per heavy atom. The summed E-state index contributed by atoms with van der Waals surface area (Å²) in [6, 6.07) is 2.26. The molecule has 1 aromatic heterocycles. The molecule has 1 saturated heterocycles. The zero-order valence-electron chi connectivity index (χ0n) is 14.5. The smallest absolute Gasteiger partial charge is 0.410 e. The number of carboxylic acid groups (broad SMARTS) is 1. The molecular formula is C16H23ClN4O4. The molecule has 2 rings (SSSR count). The van der Waals surface area contributed by atoms with Gasteiger partial charge in [0.1, 0.15) is 16.8 Å². The normalized spacial score (nSPS) is 17.2. The Labute approximate surface area is 151 Å². The molecule has 1 atom stereocenters. The molecule has 1 aliphatic rings. The number of hydrazine groups is 1. The Balaban J connectivity index is 1.95. The van der Waals surface area contributed by atoms with Gasteiger partial charge in [-0.1, -0.05) is 17.7 Å². The van der Waals surface area contributed by atoms with Crippen molar-refractivity contribution in [1.29, 1.82) is 0 Å². The van der Waals surface area contributed by atoms with E-state index in [0.717, 1.165) is 0 Å². The van der Waals surface area contributed by atoms with E-state index in [-0.39, 0.29) is 11.2 Å². The average Bonchev–Trinajstić information content (AvgIpc) is 2.52. The van der Waals surface area contributed by atoms with Crippen molar-refractivity contribution in [3.63, 3.8) is 0 Å². The fraction of sp³-hybridized carbons (Fsp3) is 0.562. The van der Waals surface area contributed by atoms with Gasteiger partial charge in [-0.25, -0.2) is 20.2 Å². The molecule has 0 aliphatic carbocycles. The maximum atomic E-state index is 12.1. The van der Waals surface area contributed by atoms with Crippen LogP contribution < -0.4 is 5.43 Å². The third-order valence-electron chi connectivity index (χ3n) is 3.59. The number of aromatic nitrogens is 1. The van der Waals surface area contributed by atoms with Crippen LogP contribution in [0.2, 0.25) is 5.15 Å². The summed E-state index contributed by atoms with van der Waals surface area (Å²) in [7, 11) is 0. The van der Waals surface area contributed by atoms with E-state index >= 15 is 0 Å². The van der Waals surface area contributed by atoms with Crippen molar-refractivity contribution in [3.8, 4) is 0 Å². The zero-order valence-corrected chi connectivity index (χ0v) is 15.3. The standard InChI is InChI=1S/C16H23ClN4O4/c1-16(2,3)25-15(24)20-7-9-21(10-8-20)19-12(14(22)23)11-5-4-6-18-13(11)17/h4-6,12,19H,7-10H2,1-3H3,(H,22,23). The predicted molar refractivity (Wildman–Crippen MR) is 92.1 cm³/mol. The molecule has 1 fully saturated rings. The SMILES string of the molecule is CC(C)(C)OC(=O)N1CCN(NC(C(=O)O)c2cccnc2Cl)CC1. The van der Waals surface area contributed by atoms with Crippen LogP contribution in [-0.4, -0.2) is 63.8 Å². The van der Waals surface area contributed by atoms with Crippen LogP contribution in [0.5, 0.6) is 0 Å². The Morgan fingerprint density at radius 1 is 1.32 bits per heavy atom. The number of rotatable bonds is 4. The lowest BCUT2D eigenvalue weighted by Crippen LogP contribution is -2.55. The summed E-state index contributed by atoms with van der Waals surface area (Å²) in [6.07, 6.45) is 1.14. The van der Waals surface area contributed by atoms with E-state index in [1.807, 2.05) is 20.8 Å². The number of carbonyl (C=O) groups excluding carboxylic acids is 1. The lowest BCUT2D eigenvalue weighted by atomic mass is 10.1. The zero-order chi connectivity index (χ0) is 18.6. The van der Waals surface area contributed by atoms with Crippen molar-refractivity contribution in [2.24, 2.45) is 0 Å². The Hall–Kier alpha value is -1.90. The van der Waals surface area contributed by atoms with Gasteiger partial charge in [-0.3, -0.25) is 4.79 Å². The van der Waals surface area contributed by atoms with Gasteiger partial charge in [0.25, 0.3) is 0 Å². The van der Waals surface area contributed by atoms with Crippen molar-refractivity contribution in [2.75, 3.05) is 26.2 Å². The monoisotopic (exact) mass is 370 g/mol. The number of aliphatic carboxylic acids is 1. The number of halogens is 1. The van der Waals surface area contributed by atoms with Crippen LogP contribution in [0.4, 0.5) is 4.79 Å². The molecule has 9 heteroatoms. The summed E-state index contributed by atoms with van der Waals surface area (Å²) in [6.45, 7) is 7.28. The van der Waals surface area contributed by atoms with Crippen molar-refractivity contribution in [1.82, 2.24) is 20.3 Å². The first kappa shape index (κ1) is 19.4. The molecule has 0 aromatic carbocycles. The van der Waals surface area contributed by atoms with E-state index in [9.17, 15) is 14.7 Å². The van der Waals surface area contributed by atoms with Gasteiger partial charge in [0.15, 0.2) is 0 Å². The number of nitrogens with one attached hydrogen (secondary N) is 1. The minimum atomic E-state index is -1.05. The molecule has 0 bridgehead atoms. The molecule has 1 amide bonds. The molecule has 0 radical (unpaired) electrons. The van der Waals surface area contributed by atoms with Crippen LogP contribution in [0.3, 0.4) is 0 Å². The van der Waals surface area contributed by atoms with Gasteiger partial charge in [-0.05, 0) is 26.8 Å². The quantitative estimate of drug-likeness (QED) is 0.782.